The number of alkyl halides is 3. The van der Waals surface area contributed by atoms with Crippen LogP contribution in [0.5, 0.6) is 0 Å². The van der Waals surface area contributed by atoms with Gasteiger partial charge in [0.25, 0.3) is 0 Å². The SMILES string of the molecule is OC(c1ccncc1)(c1ccc(F)cc1)C(F)(F)F. The van der Waals surface area contributed by atoms with E-state index in [0.717, 1.165) is 48.8 Å². The molecule has 2 aromatic rings. The molecule has 1 unspecified atom stereocenters. The zero-order valence-corrected chi connectivity index (χ0v) is 9.53. The number of aromatic nitrogens is 1. The maximum absolute atomic E-state index is 13.2. The molecule has 1 heterocycles. The molecule has 0 spiro atoms. The Hall–Kier alpha value is -1.95. The second-order valence-corrected chi connectivity index (χ2v) is 3.95. The standard InChI is InChI=1S/C13H9F4NO/c14-11-3-1-9(2-4-11)12(19,13(15,16)17)10-5-7-18-8-6-10/h1-8,19H. The van der Waals surface area contributed by atoms with Gasteiger partial charge in [-0.1, -0.05) is 12.1 Å². The number of halogens is 4. The molecule has 1 aromatic carbocycles. The van der Waals surface area contributed by atoms with Crippen molar-refractivity contribution < 1.29 is 22.7 Å². The molecular formula is C13H9F4NO. The third-order valence-corrected chi connectivity index (χ3v) is 2.77. The molecule has 0 aliphatic rings. The molecule has 0 saturated carbocycles. The largest absolute Gasteiger partial charge is 0.425 e. The zero-order valence-electron chi connectivity index (χ0n) is 9.53. The molecule has 1 aromatic heterocycles. The zero-order chi connectivity index (χ0) is 14.1. The van der Waals surface area contributed by atoms with E-state index in [4.69, 9.17) is 0 Å². The van der Waals surface area contributed by atoms with Crippen molar-refractivity contribution in [2.75, 3.05) is 0 Å². The van der Waals surface area contributed by atoms with Gasteiger partial charge in [-0.05, 0) is 29.8 Å². The van der Waals surface area contributed by atoms with Crippen LogP contribution in [0.25, 0.3) is 0 Å². The second-order valence-electron chi connectivity index (χ2n) is 3.95. The molecule has 100 valence electrons. The number of pyridine rings is 1. The first-order valence-electron chi connectivity index (χ1n) is 5.31. The molecule has 6 heteroatoms. The molecule has 0 radical (unpaired) electrons. The fraction of sp³-hybridized carbons (Fsp3) is 0.154. The Labute approximate surface area is 106 Å². The van der Waals surface area contributed by atoms with Gasteiger partial charge in [-0.25, -0.2) is 4.39 Å². The summed E-state index contributed by atoms with van der Waals surface area (Å²) in [5.74, 6) is -0.678. The number of aliphatic hydroxyl groups is 1. The molecule has 2 rings (SSSR count). The first-order valence-corrected chi connectivity index (χ1v) is 5.31. The first-order chi connectivity index (χ1) is 8.85. The molecule has 0 fully saturated rings. The monoisotopic (exact) mass is 271 g/mol. The highest BCUT2D eigenvalue weighted by Gasteiger charge is 2.56. The van der Waals surface area contributed by atoms with Gasteiger partial charge >= 0.3 is 6.18 Å². The van der Waals surface area contributed by atoms with Crippen LogP contribution in [0.4, 0.5) is 17.6 Å². The normalized spacial score (nSPS) is 15.0. The Morgan fingerprint density at radius 1 is 0.842 bits per heavy atom. The Morgan fingerprint density at radius 3 is 1.79 bits per heavy atom. The minimum Gasteiger partial charge on any atom is -0.372 e. The summed E-state index contributed by atoms with van der Waals surface area (Å²) in [5.41, 5.74) is -4.02. The maximum atomic E-state index is 13.2. The van der Waals surface area contributed by atoms with Gasteiger partial charge < -0.3 is 5.11 Å². The smallest absolute Gasteiger partial charge is 0.372 e. The van der Waals surface area contributed by atoms with Crippen LogP contribution in [0.3, 0.4) is 0 Å². The number of rotatable bonds is 2. The van der Waals surface area contributed by atoms with Crippen LogP contribution in [0, 0.1) is 5.82 Å². The summed E-state index contributed by atoms with van der Waals surface area (Å²) in [7, 11) is 0. The van der Waals surface area contributed by atoms with E-state index < -0.39 is 23.2 Å². The first kappa shape index (κ1) is 13.5. The summed E-state index contributed by atoms with van der Waals surface area (Å²) in [6.45, 7) is 0. The van der Waals surface area contributed by atoms with E-state index in [1.165, 1.54) is 0 Å². The van der Waals surface area contributed by atoms with Crippen molar-refractivity contribution in [1.29, 1.82) is 0 Å². The van der Waals surface area contributed by atoms with Crippen molar-refractivity contribution in [2.45, 2.75) is 11.8 Å². The Balaban J connectivity index is 2.63. The average molecular weight is 271 g/mol. The van der Waals surface area contributed by atoms with E-state index >= 15 is 0 Å². The van der Waals surface area contributed by atoms with Crippen molar-refractivity contribution in [3.63, 3.8) is 0 Å². The Bertz CT molecular complexity index is 553. The van der Waals surface area contributed by atoms with E-state index in [1.54, 1.807) is 0 Å². The fourth-order valence-electron chi connectivity index (χ4n) is 1.78. The van der Waals surface area contributed by atoms with Crippen LogP contribution < -0.4 is 0 Å². The van der Waals surface area contributed by atoms with E-state index in [2.05, 4.69) is 4.98 Å². The summed E-state index contributed by atoms with van der Waals surface area (Å²) >= 11 is 0. The number of nitrogens with zero attached hydrogens (tertiary/aromatic N) is 1. The van der Waals surface area contributed by atoms with Gasteiger partial charge in [-0.3, -0.25) is 4.98 Å². The quantitative estimate of drug-likeness (QED) is 0.852. The average Bonchev–Trinajstić information content (AvgIpc) is 2.38. The molecule has 0 bridgehead atoms. The summed E-state index contributed by atoms with van der Waals surface area (Å²) in [5, 5.41) is 10.1. The van der Waals surface area contributed by atoms with Crippen LogP contribution >= 0.6 is 0 Å². The van der Waals surface area contributed by atoms with E-state index in [9.17, 15) is 22.7 Å². The predicted octanol–water partition coefficient (Wildman–Crippen LogP) is 3.02. The predicted molar refractivity (Wildman–Crippen MR) is 59.7 cm³/mol. The van der Waals surface area contributed by atoms with E-state index in [1.807, 2.05) is 0 Å². The molecule has 0 aliphatic carbocycles. The lowest BCUT2D eigenvalue weighted by Gasteiger charge is -2.31. The van der Waals surface area contributed by atoms with Crippen molar-refractivity contribution in [3.05, 3.63) is 65.7 Å². The van der Waals surface area contributed by atoms with Gasteiger partial charge in [0, 0.05) is 18.0 Å². The lowest BCUT2D eigenvalue weighted by Crippen LogP contribution is -2.43. The molecule has 0 saturated heterocycles. The maximum Gasteiger partial charge on any atom is 0.425 e. The van der Waals surface area contributed by atoms with Gasteiger partial charge in [0.15, 0.2) is 0 Å². The molecule has 0 amide bonds. The number of hydrogen-bond acceptors (Lipinski definition) is 2. The summed E-state index contributed by atoms with van der Waals surface area (Å²) < 4.78 is 52.4. The molecular weight excluding hydrogens is 262 g/mol. The van der Waals surface area contributed by atoms with Gasteiger partial charge in [-0.2, -0.15) is 13.2 Å². The van der Waals surface area contributed by atoms with Crippen molar-refractivity contribution in [3.8, 4) is 0 Å². The number of benzene rings is 1. The minimum absolute atomic E-state index is 0.374. The summed E-state index contributed by atoms with van der Waals surface area (Å²) in [4.78, 5) is 3.61. The van der Waals surface area contributed by atoms with E-state index in [0.29, 0.717) is 0 Å². The molecule has 1 N–H and O–H groups in total. The Morgan fingerprint density at radius 2 is 1.32 bits per heavy atom. The van der Waals surface area contributed by atoms with Crippen LogP contribution in [-0.4, -0.2) is 16.3 Å². The molecule has 0 aliphatic heterocycles. The van der Waals surface area contributed by atoms with Gasteiger partial charge in [0.2, 0.25) is 5.60 Å². The lowest BCUT2D eigenvalue weighted by molar-refractivity contribution is -0.248. The van der Waals surface area contributed by atoms with Crippen LogP contribution in [0.1, 0.15) is 11.1 Å². The third-order valence-electron chi connectivity index (χ3n) is 2.77. The van der Waals surface area contributed by atoms with Crippen molar-refractivity contribution in [1.82, 2.24) is 4.98 Å². The van der Waals surface area contributed by atoms with Crippen LogP contribution in [-0.2, 0) is 5.60 Å². The van der Waals surface area contributed by atoms with Crippen molar-refractivity contribution >= 4 is 0 Å². The third kappa shape index (κ3) is 2.31. The second kappa shape index (κ2) is 4.62. The van der Waals surface area contributed by atoms with E-state index in [-0.39, 0.29) is 5.56 Å². The molecule has 1 atom stereocenters. The van der Waals surface area contributed by atoms with Crippen LogP contribution in [0.15, 0.2) is 48.8 Å². The summed E-state index contributed by atoms with van der Waals surface area (Å²) in [6, 6.07) is 5.68. The van der Waals surface area contributed by atoms with Gasteiger partial charge in [-0.15, -0.1) is 0 Å². The lowest BCUT2D eigenvalue weighted by atomic mass is 9.86. The highest BCUT2D eigenvalue weighted by Crippen LogP contribution is 2.43. The van der Waals surface area contributed by atoms with Gasteiger partial charge in [0.05, 0.1) is 0 Å². The highest BCUT2D eigenvalue weighted by molar-refractivity contribution is 5.37. The van der Waals surface area contributed by atoms with Crippen LogP contribution in [0.2, 0.25) is 0 Å². The number of hydrogen-bond donors (Lipinski definition) is 1. The van der Waals surface area contributed by atoms with Gasteiger partial charge in [0.1, 0.15) is 5.82 Å². The molecule has 19 heavy (non-hydrogen) atoms. The topological polar surface area (TPSA) is 33.1 Å². The Kier molecular flexibility index (Phi) is 3.28. The fourth-order valence-corrected chi connectivity index (χ4v) is 1.78. The highest BCUT2D eigenvalue weighted by atomic mass is 19.4. The van der Waals surface area contributed by atoms with Crippen molar-refractivity contribution in [2.24, 2.45) is 0 Å². The minimum atomic E-state index is -4.94. The summed E-state index contributed by atoms with van der Waals surface area (Å²) in [6.07, 6.45) is -2.64. The molecule has 2 nitrogen and oxygen atoms in total.